The van der Waals surface area contributed by atoms with Gasteiger partial charge in [-0.15, -0.1) is 0 Å². The molecule has 4 rings (SSSR count). The summed E-state index contributed by atoms with van der Waals surface area (Å²) < 4.78 is 7.87. The molecule has 3 N–H and O–H groups in total. The van der Waals surface area contributed by atoms with Gasteiger partial charge in [-0.25, -0.2) is 4.98 Å². The summed E-state index contributed by atoms with van der Waals surface area (Å²) in [5.74, 6) is 1.12. The number of ether oxygens (including phenoxy) is 1. The van der Waals surface area contributed by atoms with Crippen molar-refractivity contribution in [1.29, 1.82) is 0 Å². The summed E-state index contributed by atoms with van der Waals surface area (Å²) in [6.07, 6.45) is 1.09. The van der Waals surface area contributed by atoms with Crippen LogP contribution in [-0.2, 0) is 6.42 Å². The van der Waals surface area contributed by atoms with Gasteiger partial charge in [-0.1, -0.05) is 23.2 Å². The molecule has 2 aromatic heterocycles. The van der Waals surface area contributed by atoms with Crippen LogP contribution in [0.1, 0.15) is 22.9 Å². The number of halogens is 2. The number of aryl methyl sites for hydroxylation is 1. The highest BCUT2D eigenvalue weighted by Gasteiger charge is 2.34. The summed E-state index contributed by atoms with van der Waals surface area (Å²) in [5, 5.41) is 11.3. The molecule has 24 heavy (non-hydrogen) atoms. The predicted molar refractivity (Wildman–Crippen MR) is 93.9 cm³/mol. The molecule has 2 atom stereocenters. The van der Waals surface area contributed by atoms with Crippen molar-refractivity contribution in [2.45, 2.75) is 25.6 Å². The molecule has 0 amide bonds. The van der Waals surface area contributed by atoms with E-state index in [-0.39, 0.29) is 0 Å². The molecular formula is C17H15Cl2N3O2. The number of aliphatic hydroxyl groups excluding tert-OH is 1. The van der Waals surface area contributed by atoms with Crippen molar-refractivity contribution in [2.24, 2.45) is 0 Å². The van der Waals surface area contributed by atoms with Crippen molar-refractivity contribution in [3.8, 4) is 5.75 Å². The maximum absolute atomic E-state index is 10.4. The van der Waals surface area contributed by atoms with Crippen LogP contribution in [0, 0.1) is 6.92 Å². The van der Waals surface area contributed by atoms with Crippen molar-refractivity contribution in [2.75, 3.05) is 5.73 Å². The number of rotatable bonds is 2. The van der Waals surface area contributed by atoms with E-state index in [2.05, 4.69) is 4.98 Å². The van der Waals surface area contributed by atoms with Gasteiger partial charge in [-0.2, -0.15) is 0 Å². The van der Waals surface area contributed by atoms with E-state index in [0.717, 1.165) is 16.8 Å². The molecule has 0 fully saturated rings. The number of benzene rings is 1. The third-order valence-corrected chi connectivity index (χ3v) is 5.08. The maximum Gasteiger partial charge on any atom is 0.181 e. The van der Waals surface area contributed by atoms with E-state index in [1.54, 1.807) is 16.5 Å². The smallest absolute Gasteiger partial charge is 0.181 e. The van der Waals surface area contributed by atoms with Gasteiger partial charge in [-0.05, 0) is 42.3 Å². The fourth-order valence-electron chi connectivity index (χ4n) is 3.13. The molecule has 0 aliphatic heterocycles. The van der Waals surface area contributed by atoms with Crippen LogP contribution in [0.4, 0.5) is 5.82 Å². The highest BCUT2D eigenvalue weighted by molar-refractivity contribution is 6.42. The minimum absolute atomic E-state index is 0.442. The highest BCUT2D eigenvalue weighted by atomic mass is 35.5. The van der Waals surface area contributed by atoms with Crippen LogP contribution >= 0.6 is 23.2 Å². The lowest BCUT2D eigenvalue weighted by Gasteiger charge is -2.19. The van der Waals surface area contributed by atoms with Crippen LogP contribution in [0.2, 0.25) is 10.0 Å². The van der Waals surface area contributed by atoms with Gasteiger partial charge in [0.05, 0.1) is 21.8 Å². The number of aliphatic hydroxyl groups is 1. The van der Waals surface area contributed by atoms with Gasteiger partial charge in [0.1, 0.15) is 5.82 Å². The molecule has 3 aromatic rings. The first-order chi connectivity index (χ1) is 11.5. The predicted octanol–water partition coefficient (Wildman–Crippen LogP) is 3.57. The Morgan fingerprint density at radius 2 is 2.08 bits per heavy atom. The van der Waals surface area contributed by atoms with E-state index in [0.29, 0.717) is 33.7 Å². The van der Waals surface area contributed by atoms with Gasteiger partial charge in [0, 0.05) is 12.6 Å². The number of nitrogen functional groups attached to an aromatic ring is 1. The number of imidazole rings is 1. The molecule has 0 bridgehead atoms. The topological polar surface area (TPSA) is 72.8 Å². The number of hydrogen-bond acceptors (Lipinski definition) is 4. The normalized spacial score (nSPS) is 19.7. The fraction of sp³-hybridized carbons (Fsp3) is 0.235. The van der Waals surface area contributed by atoms with E-state index in [4.69, 9.17) is 33.7 Å². The third-order valence-electron chi connectivity index (χ3n) is 4.36. The van der Waals surface area contributed by atoms with Crippen LogP contribution in [0.5, 0.6) is 5.75 Å². The average molecular weight is 364 g/mol. The SMILES string of the molecule is Cc1nc2c(OC3c4cc(Cl)c(Cl)cc4CC3O)cccn2c1N. The Labute approximate surface area is 148 Å². The summed E-state index contributed by atoms with van der Waals surface area (Å²) in [7, 11) is 0. The summed E-state index contributed by atoms with van der Waals surface area (Å²) in [6.45, 7) is 1.84. The zero-order valence-corrected chi connectivity index (χ0v) is 14.3. The zero-order valence-electron chi connectivity index (χ0n) is 12.8. The van der Waals surface area contributed by atoms with Crippen molar-refractivity contribution in [1.82, 2.24) is 9.38 Å². The van der Waals surface area contributed by atoms with Gasteiger partial charge in [0.15, 0.2) is 17.5 Å². The molecule has 0 saturated heterocycles. The second-order valence-electron chi connectivity index (χ2n) is 5.92. The Kier molecular flexibility index (Phi) is 3.60. The third kappa shape index (κ3) is 2.32. The number of anilines is 1. The molecule has 1 aliphatic carbocycles. The Morgan fingerprint density at radius 1 is 1.33 bits per heavy atom. The highest BCUT2D eigenvalue weighted by Crippen LogP contribution is 2.40. The molecule has 124 valence electrons. The Hall–Kier alpha value is -1.95. The molecule has 1 aliphatic rings. The summed E-state index contributed by atoms with van der Waals surface area (Å²) in [6, 6.07) is 7.18. The summed E-state index contributed by atoms with van der Waals surface area (Å²) in [4.78, 5) is 4.45. The van der Waals surface area contributed by atoms with Crippen molar-refractivity contribution >= 4 is 34.7 Å². The van der Waals surface area contributed by atoms with Gasteiger partial charge < -0.3 is 15.6 Å². The van der Waals surface area contributed by atoms with E-state index >= 15 is 0 Å². The van der Waals surface area contributed by atoms with E-state index in [1.807, 2.05) is 25.3 Å². The number of aromatic nitrogens is 2. The van der Waals surface area contributed by atoms with E-state index < -0.39 is 12.2 Å². The largest absolute Gasteiger partial charge is 0.479 e. The first kappa shape index (κ1) is 15.6. The molecule has 2 unspecified atom stereocenters. The van der Waals surface area contributed by atoms with Crippen molar-refractivity contribution in [3.05, 3.63) is 57.3 Å². The molecule has 0 spiro atoms. The average Bonchev–Trinajstić information content (AvgIpc) is 2.99. The fourth-order valence-corrected chi connectivity index (χ4v) is 3.49. The maximum atomic E-state index is 10.4. The number of pyridine rings is 1. The summed E-state index contributed by atoms with van der Waals surface area (Å²) in [5.41, 5.74) is 9.15. The second kappa shape index (κ2) is 5.55. The lowest BCUT2D eigenvalue weighted by molar-refractivity contribution is 0.0502. The van der Waals surface area contributed by atoms with Crippen LogP contribution in [0.3, 0.4) is 0 Å². The Balaban J connectivity index is 1.77. The van der Waals surface area contributed by atoms with Crippen LogP contribution in [0.15, 0.2) is 30.5 Å². The van der Waals surface area contributed by atoms with E-state index in [9.17, 15) is 5.11 Å². The second-order valence-corrected chi connectivity index (χ2v) is 6.74. The van der Waals surface area contributed by atoms with Crippen LogP contribution in [-0.4, -0.2) is 20.6 Å². The monoisotopic (exact) mass is 363 g/mol. The number of nitrogens with two attached hydrogens (primary N) is 1. The molecule has 1 aromatic carbocycles. The van der Waals surface area contributed by atoms with Gasteiger partial charge in [0.25, 0.3) is 0 Å². The lowest BCUT2D eigenvalue weighted by atomic mass is 10.1. The van der Waals surface area contributed by atoms with Crippen molar-refractivity contribution < 1.29 is 9.84 Å². The summed E-state index contributed by atoms with van der Waals surface area (Å²) >= 11 is 12.2. The quantitative estimate of drug-likeness (QED) is 0.729. The Bertz CT molecular complexity index is 955. The van der Waals surface area contributed by atoms with Gasteiger partial charge >= 0.3 is 0 Å². The molecular weight excluding hydrogens is 349 g/mol. The minimum atomic E-state index is -0.678. The van der Waals surface area contributed by atoms with Crippen LogP contribution < -0.4 is 10.5 Å². The molecule has 5 nitrogen and oxygen atoms in total. The van der Waals surface area contributed by atoms with E-state index in [1.165, 1.54) is 0 Å². The number of nitrogens with zero attached hydrogens (tertiary/aromatic N) is 2. The van der Waals surface area contributed by atoms with Crippen LogP contribution in [0.25, 0.3) is 5.65 Å². The number of fused-ring (bicyclic) bond motifs is 2. The zero-order chi connectivity index (χ0) is 17.0. The first-order valence-electron chi connectivity index (χ1n) is 7.51. The van der Waals surface area contributed by atoms with Gasteiger partial charge in [0.2, 0.25) is 0 Å². The Morgan fingerprint density at radius 3 is 2.88 bits per heavy atom. The van der Waals surface area contributed by atoms with Gasteiger partial charge in [-0.3, -0.25) is 4.40 Å². The van der Waals surface area contributed by atoms with Crippen molar-refractivity contribution in [3.63, 3.8) is 0 Å². The first-order valence-corrected chi connectivity index (χ1v) is 8.27. The lowest BCUT2D eigenvalue weighted by Crippen LogP contribution is -2.19. The molecule has 0 saturated carbocycles. The molecule has 0 radical (unpaired) electrons. The minimum Gasteiger partial charge on any atom is -0.479 e. The molecule has 7 heteroatoms. The molecule has 2 heterocycles. The standard InChI is InChI=1S/C17H15Cl2N3O2/c1-8-16(20)22-4-2-3-14(17(22)21-8)24-15-10-7-12(19)11(18)5-9(10)6-13(15)23/h2-5,7,13,15,23H,6,20H2,1H3. The number of hydrogen-bond donors (Lipinski definition) is 2.